The molecule has 0 saturated carbocycles. The van der Waals surface area contributed by atoms with Crippen LogP contribution in [0.4, 0.5) is 5.82 Å². The largest absolute Gasteiger partial charge is 0.353 e. The highest BCUT2D eigenvalue weighted by molar-refractivity contribution is 6.44. The molecule has 2 aliphatic heterocycles. The van der Waals surface area contributed by atoms with Crippen molar-refractivity contribution in [1.29, 1.82) is 0 Å². The number of carbonyl (C=O) groups excluding carboxylic acids is 1. The maximum atomic E-state index is 12.5. The number of allylic oxidation sites excluding steroid dienone is 1. The quantitative estimate of drug-likeness (QED) is 0.825. The fourth-order valence-electron chi connectivity index (χ4n) is 3.05. The normalized spacial score (nSPS) is 21.3. The summed E-state index contributed by atoms with van der Waals surface area (Å²) in [5.41, 5.74) is 1.82. The van der Waals surface area contributed by atoms with Gasteiger partial charge in [-0.1, -0.05) is 23.2 Å². The van der Waals surface area contributed by atoms with Crippen molar-refractivity contribution >= 4 is 40.6 Å². The average molecular weight is 367 g/mol. The predicted molar refractivity (Wildman–Crippen MR) is 98.1 cm³/mol. The summed E-state index contributed by atoms with van der Waals surface area (Å²) in [6.07, 6.45) is 2.03. The first-order valence-corrected chi connectivity index (χ1v) is 8.76. The highest BCUT2D eigenvalue weighted by Gasteiger charge is 2.28. The molecule has 1 aromatic rings. The third kappa shape index (κ3) is 3.57. The number of aliphatic imine (C=N–C) groups is 1. The molecule has 0 aliphatic carbocycles. The number of piperazine rings is 1. The van der Waals surface area contributed by atoms with Gasteiger partial charge in [-0.05, 0) is 31.6 Å². The summed E-state index contributed by atoms with van der Waals surface area (Å²) in [5.74, 6) is 1.03. The number of pyridine rings is 1. The van der Waals surface area contributed by atoms with E-state index < -0.39 is 0 Å². The first kappa shape index (κ1) is 17.2. The van der Waals surface area contributed by atoms with Crippen LogP contribution < -0.4 is 4.90 Å². The SMILES string of the molecule is CC1=NC(CC(=O)N2CCN(c3ccc(Cl)cn3)CC2)C(C)=C1Cl. The minimum Gasteiger partial charge on any atom is -0.353 e. The van der Waals surface area contributed by atoms with Crippen LogP contribution in [0.2, 0.25) is 5.02 Å². The van der Waals surface area contributed by atoms with Crippen molar-refractivity contribution in [2.45, 2.75) is 26.3 Å². The van der Waals surface area contributed by atoms with E-state index in [1.54, 1.807) is 6.20 Å². The average Bonchev–Trinajstić information content (AvgIpc) is 2.83. The van der Waals surface area contributed by atoms with Gasteiger partial charge in [0.1, 0.15) is 5.82 Å². The zero-order valence-corrected chi connectivity index (χ0v) is 15.3. The van der Waals surface area contributed by atoms with Gasteiger partial charge in [-0.15, -0.1) is 0 Å². The number of halogens is 2. The van der Waals surface area contributed by atoms with E-state index in [1.807, 2.05) is 30.9 Å². The van der Waals surface area contributed by atoms with Crippen LogP contribution in [-0.4, -0.2) is 53.7 Å². The van der Waals surface area contributed by atoms with E-state index in [0.717, 1.165) is 30.2 Å². The van der Waals surface area contributed by atoms with Crippen LogP contribution in [-0.2, 0) is 4.79 Å². The molecule has 2 aliphatic rings. The second-order valence-corrected chi connectivity index (χ2v) is 6.95. The summed E-state index contributed by atoms with van der Waals surface area (Å²) in [4.78, 5) is 25.4. The summed E-state index contributed by atoms with van der Waals surface area (Å²) in [6, 6.07) is 3.63. The Kier molecular flexibility index (Phi) is 5.11. The molecule has 0 aromatic carbocycles. The van der Waals surface area contributed by atoms with Crippen molar-refractivity contribution in [3.05, 3.63) is 34.0 Å². The molecule has 0 spiro atoms. The molecule has 1 fully saturated rings. The van der Waals surface area contributed by atoms with Gasteiger partial charge in [0.2, 0.25) is 5.91 Å². The van der Waals surface area contributed by atoms with Crippen LogP contribution in [0.1, 0.15) is 20.3 Å². The number of aromatic nitrogens is 1. The molecular formula is C17H20Cl2N4O. The minimum absolute atomic E-state index is 0.110. The number of amides is 1. The number of anilines is 1. The molecule has 0 bridgehead atoms. The molecule has 0 N–H and O–H groups in total. The van der Waals surface area contributed by atoms with E-state index in [4.69, 9.17) is 23.2 Å². The lowest BCUT2D eigenvalue weighted by Gasteiger charge is -2.35. The Balaban J connectivity index is 1.55. The van der Waals surface area contributed by atoms with Gasteiger partial charge < -0.3 is 9.80 Å². The summed E-state index contributed by atoms with van der Waals surface area (Å²) < 4.78 is 0. The standard InChI is InChI=1S/C17H20Cl2N4O/c1-11-14(21-12(2)17(11)19)9-16(24)23-7-5-22(6-8-23)15-4-3-13(18)10-20-15/h3-4,10,14H,5-9H2,1-2H3. The van der Waals surface area contributed by atoms with E-state index >= 15 is 0 Å². The van der Waals surface area contributed by atoms with Crippen molar-refractivity contribution in [2.75, 3.05) is 31.1 Å². The topological polar surface area (TPSA) is 48.8 Å². The molecule has 5 nitrogen and oxygen atoms in total. The fraction of sp³-hybridized carbons (Fsp3) is 0.471. The lowest BCUT2D eigenvalue weighted by molar-refractivity contribution is -0.131. The summed E-state index contributed by atoms with van der Waals surface area (Å²) in [7, 11) is 0. The van der Waals surface area contributed by atoms with E-state index in [1.165, 1.54) is 0 Å². The lowest BCUT2D eigenvalue weighted by atomic mass is 10.1. The maximum absolute atomic E-state index is 12.5. The summed E-state index contributed by atoms with van der Waals surface area (Å²) in [6.45, 7) is 6.74. The third-order valence-electron chi connectivity index (χ3n) is 4.55. The van der Waals surface area contributed by atoms with Gasteiger partial charge in [-0.2, -0.15) is 0 Å². The Morgan fingerprint density at radius 1 is 1.21 bits per heavy atom. The van der Waals surface area contributed by atoms with Crippen LogP contribution in [0, 0.1) is 0 Å². The highest BCUT2D eigenvalue weighted by Crippen LogP contribution is 2.27. The molecule has 128 valence electrons. The number of hydrogen-bond donors (Lipinski definition) is 0. The van der Waals surface area contributed by atoms with Crippen LogP contribution >= 0.6 is 23.2 Å². The molecule has 24 heavy (non-hydrogen) atoms. The number of rotatable bonds is 3. The molecule has 1 aromatic heterocycles. The van der Waals surface area contributed by atoms with E-state index in [9.17, 15) is 4.79 Å². The first-order valence-electron chi connectivity index (χ1n) is 8.01. The second kappa shape index (κ2) is 7.11. The van der Waals surface area contributed by atoms with Gasteiger partial charge in [-0.25, -0.2) is 4.98 Å². The molecule has 1 amide bonds. The number of carbonyl (C=O) groups is 1. The number of hydrogen-bond acceptors (Lipinski definition) is 4. The van der Waals surface area contributed by atoms with Gasteiger partial charge in [0.05, 0.1) is 28.2 Å². The van der Waals surface area contributed by atoms with Crippen LogP contribution in [0.25, 0.3) is 0 Å². The van der Waals surface area contributed by atoms with Gasteiger partial charge in [0, 0.05) is 32.4 Å². The Hall–Kier alpha value is -1.59. The fourth-order valence-corrected chi connectivity index (χ4v) is 3.34. The zero-order valence-electron chi connectivity index (χ0n) is 13.8. The van der Waals surface area contributed by atoms with Crippen LogP contribution in [0.3, 0.4) is 0 Å². The van der Waals surface area contributed by atoms with Crippen molar-refractivity contribution in [1.82, 2.24) is 9.88 Å². The molecule has 1 saturated heterocycles. The predicted octanol–water partition coefficient (Wildman–Crippen LogP) is 3.13. The van der Waals surface area contributed by atoms with E-state index in [-0.39, 0.29) is 11.9 Å². The highest BCUT2D eigenvalue weighted by atomic mass is 35.5. The van der Waals surface area contributed by atoms with Crippen molar-refractivity contribution in [2.24, 2.45) is 4.99 Å². The number of nitrogens with zero attached hydrogens (tertiary/aromatic N) is 4. The third-order valence-corrected chi connectivity index (χ3v) is 5.34. The van der Waals surface area contributed by atoms with Gasteiger partial charge in [-0.3, -0.25) is 9.79 Å². The van der Waals surface area contributed by atoms with Crippen LogP contribution in [0.15, 0.2) is 33.9 Å². The van der Waals surface area contributed by atoms with E-state index in [2.05, 4.69) is 14.9 Å². The zero-order chi connectivity index (χ0) is 17.3. The lowest BCUT2D eigenvalue weighted by Crippen LogP contribution is -2.49. The Morgan fingerprint density at radius 3 is 2.46 bits per heavy atom. The Labute approximate surface area is 152 Å². The van der Waals surface area contributed by atoms with Gasteiger partial charge in [0.25, 0.3) is 0 Å². The molecule has 1 atom stereocenters. The maximum Gasteiger partial charge on any atom is 0.225 e. The molecule has 3 rings (SSSR count). The Morgan fingerprint density at radius 2 is 1.92 bits per heavy atom. The molecule has 1 unspecified atom stereocenters. The summed E-state index contributed by atoms with van der Waals surface area (Å²) >= 11 is 12.0. The minimum atomic E-state index is -0.110. The monoisotopic (exact) mass is 366 g/mol. The van der Waals surface area contributed by atoms with Crippen LogP contribution in [0.5, 0.6) is 0 Å². The molecular weight excluding hydrogens is 347 g/mol. The van der Waals surface area contributed by atoms with Crippen molar-refractivity contribution in [3.63, 3.8) is 0 Å². The van der Waals surface area contributed by atoms with Gasteiger partial charge >= 0.3 is 0 Å². The first-order chi connectivity index (χ1) is 11.5. The second-order valence-electron chi connectivity index (χ2n) is 6.13. The van der Waals surface area contributed by atoms with Gasteiger partial charge in [0.15, 0.2) is 0 Å². The molecule has 7 heteroatoms. The smallest absolute Gasteiger partial charge is 0.225 e. The Bertz CT molecular complexity index is 691. The molecule has 0 radical (unpaired) electrons. The van der Waals surface area contributed by atoms with Crippen molar-refractivity contribution < 1.29 is 4.79 Å². The van der Waals surface area contributed by atoms with Crippen molar-refractivity contribution in [3.8, 4) is 0 Å². The molecule has 3 heterocycles. The summed E-state index contributed by atoms with van der Waals surface area (Å²) in [5, 5.41) is 1.33. The van der Waals surface area contributed by atoms with E-state index in [0.29, 0.717) is 29.6 Å².